The predicted molar refractivity (Wildman–Crippen MR) is 88.5 cm³/mol. The summed E-state index contributed by atoms with van der Waals surface area (Å²) in [6.07, 6.45) is -1.53. The molecule has 1 aliphatic rings. The number of anilines is 1. The molecule has 0 saturated carbocycles. The molecule has 0 aliphatic carbocycles. The van der Waals surface area contributed by atoms with Gasteiger partial charge in [0.25, 0.3) is 5.91 Å². The Labute approximate surface area is 143 Å². The third-order valence-corrected chi connectivity index (χ3v) is 4.26. The number of rotatable bonds is 3. The average Bonchev–Trinajstić information content (AvgIpc) is 2.62. The molecule has 1 atom stereocenters. The standard InChI is InChI=1S/C18H18F3N3O/c19-18(20,21)14-5-8-16(23-11-14)17(25)24-15-6-3-12(4-7-15)13-2-1-9-22-10-13/h3-8,11,13,22H,1-2,9-10H2,(H,24,25)/t13-/m1/s1. The van der Waals surface area contributed by atoms with Crippen LogP contribution in [0.4, 0.5) is 18.9 Å². The Bertz CT molecular complexity index is 721. The molecule has 0 unspecified atom stereocenters. The van der Waals surface area contributed by atoms with Gasteiger partial charge in [-0.25, -0.2) is 0 Å². The van der Waals surface area contributed by atoms with Crippen LogP contribution in [-0.2, 0) is 6.18 Å². The average molecular weight is 349 g/mol. The lowest BCUT2D eigenvalue weighted by molar-refractivity contribution is -0.137. The van der Waals surface area contributed by atoms with Crippen LogP contribution in [0.25, 0.3) is 0 Å². The summed E-state index contributed by atoms with van der Waals surface area (Å²) >= 11 is 0. The Morgan fingerprint density at radius 3 is 2.48 bits per heavy atom. The quantitative estimate of drug-likeness (QED) is 0.886. The molecule has 2 aromatic rings. The summed E-state index contributed by atoms with van der Waals surface area (Å²) in [5.74, 6) is -0.0733. The summed E-state index contributed by atoms with van der Waals surface area (Å²) in [4.78, 5) is 15.7. The number of hydrogen-bond donors (Lipinski definition) is 2. The van der Waals surface area contributed by atoms with Crippen LogP contribution >= 0.6 is 0 Å². The number of nitrogens with one attached hydrogen (secondary N) is 2. The van der Waals surface area contributed by atoms with Gasteiger partial charge in [0.05, 0.1) is 5.56 Å². The highest BCUT2D eigenvalue weighted by molar-refractivity contribution is 6.02. The van der Waals surface area contributed by atoms with Crippen molar-refractivity contribution in [3.05, 3.63) is 59.4 Å². The molecule has 1 aromatic carbocycles. The molecule has 0 spiro atoms. The Balaban J connectivity index is 1.64. The SMILES string of the molecule is O=C(Nc1ccc([C@@H]2CCCNC2)cc1)c1ccc(C(F)(F)F)cn1. The van der Waals surface area contributed by atoms with Crippen LogP contribution < -0.4 is 10.6 Å². The number of pyridine rings is 1. The van der Waals surface area contributed by atoms with E-state index in [1.54, 1.807) is 12.1 Å². The number of amides is 1. The lowest BCUT2D eigenvalue weighted by Crippen LogP contribution is -2.28. The molecule has 1 aliphatic heterocycles. The third kappa shape index (κ3) is 4.36. The molecule has 1 amide bonds. The monoisotopic (exact) mass is 349 g/mol. The zero-order valence-corrected chi connectivity index (χ0v) is 13.4. The summed E-state index contributed by atoms with van der Waals surface area (Å²) in [6, 6.07) is 9.44. The van der Waals surface area contributed by atoms with Gasteiger partial charge in [-0.1, -0.05) is 12.1 Å². The maximum absolute atomic E-state index is 12.5. The van der Waals surface area contributed by atoms with Gasteiger partial charge in [-0.05, 0) is 55.1 Å². The summed E-state index contributed by atoms with van der Waals surface area (Å²) in [6.45, 7) is 1.99. The minimum absolute atomic E-state index is 0.0615. The van der Waals surface area contributed by atoms with E-state index in [1.165, 1.54) is 5.56 Å². The molecule has 1 fully saturated rings. The molecule has 7 heteroatoms. The maximum atomic E-state index is 12.5. The third-order valence-electron chi connectivity index (χ3n) is 4.26. The molecule has 2 heterocycles. The van der Waals surface area contributed by atoms with Gasteiger partial charge in [-0.3, -0.25) is 9.78 Å². The Hall–Kier alpha value is -2.41. The second-order valence-electron chi connectivity index (χ2n) is 6.05. The highest BCUT2D eigenvalue weighted by atomic mass is 19.4. The van der Waals surface area contributed by atoms with E-state index >= 15 is 0 Å². The molecule has 3 rings (SSSR count). The number of piperidine rings is 1. The molecule has 0 bridgehead atoms. The van der Waals surface area contributed by atoms with Crippen LogP contribution in [0.3, 0.4) is 0 Å². The molecular formula is C18H18F3N3O. The number of halogens is 3. The van der Waals surface area contributed by atoms with Gasteiger partial charge in [0.15, 0.2) is 0 Å². The first-order valence-electron chi connectivity index (χ1n) is 8.09. The molecule has 2 N–H and O–H groups in total. The van der Waals surface area contributed by atoms with E-state index in [-0.39, 0.29) is 5.69 Å². The van der Waals surface area contributed by atoms with Crippen molar-refractivity contribution in [2.75, 3.05) is 18.4 Å². The topological polar surface area (TPSA) is 54.0 Å². The fourth-order valence-corrected chi connectivity index (χ4v) is 2.87. The highest BCUT2D eigenvalue weighted by Crippen LogP contribution is 2.28. The maximum Gasteiger partial charge on any atom is 0.417 e. The zero-order valence-electron chi connectivity index (χ0n) is 13.4. The largest absolute Gasteiger partial charge is 0.417 e. The number of hydrogen-bond acceptors (Lipinski definition) is 3. The second kappa shape index (κ2) is 7.23. The van der Waals surface area contributed by atoms with E-state index in [4.69, 9.17) is 0 Å². The second-order valence-corrected chi connectivity index (χ2v) is 6.05. The zero-order chi connectivity index (χ0) is 17.9. The van der Waals surface area contributed by atoms with E-state index in [9.17, 15) is 18.0 Å². The van der Waals surface area contributed by atoms with E-state index in [1.807, 2.05) is 12.1 Å². The van der Waals surface area contributed by atoms with Crippen LogP contribution in [0.15, 0.2) is 42.6 Å². The lowest BCUT2D eigenvalue weighted by atomic mass is 9.92. The number of benzene rings is 1. The molecule has 1 saturated heterocycles. The fourth-order valence-electron chi connectivity index (χ4n) is 2.87. The Kier molecular flexibility index (Phi) is 5.03. The van der Waals surface area contributed by atoms with Crippen molar-refractivity contribution in [1.29, 1.82) is 0 Å². The van der Waals surface area contributed by atoms with E-state index in [2.05, 4.69) is 15.6 Å². The molecule has 25 heavy (non-hydrogen) atoms. The van der Waals surface area contributed by atoms with E-state index in [0.717, 1.165) is 38.1 Å². The first kappa shape index (κ1) is 17.4. The summed E-state index contributed by atoms with van der Waals surface area (Å²) in [7, 11) is 0. The predicted octanol–water partition coefficient (Wildman–Crippen LogP) is 3.82. The Morgan fingerprint density at radius 1 is 1.16 bits per heavy atom. The number of carbonyl (C=O) groups excluding carboxylic acids is 1. The van der Waals surface area contributed by atoms with Gasteiger partial charge < -0.3 is 10.6 Å². The van der Waals surface area contributed by atoms with Crippen molar-refractivity contribution < 1.29 is 18.0 Å². The van der Waals surface area contributed by atoms with Gasteiger partial charge in [-0.15, -0.1) is 0 Å². The van der Waals surface area contributed by atoms with E-state index < -0.39 is 17.6 Å². The van der Waals surface area contributed by atoms with Gasteiger partial charge in [0.1, 0.15) is 5.69 Å². The summed E-state index contributed by atoms with van der Waals surface area (Å²) in [5, 5.41) is 6.01. The smallest absolute Gasteiger partial charge is 0.321 e. The summed E-state index contributed by atoms with van der Waals surface area (Å²) in [5.41, 5.74) is 0.847. The molecule has 4 nitrogen and oxygen atoms in total. The van der Waals surface area contributed by atoms with Gasteiger partial charge in [0.2, 0.25) is 0 Å². The minimum Gasteiger partial charge on any atom is -0.321 e. The van der Waals surface area contributed by atoms with Crippen LogP contribution in [-0.4, -0.2) is 24.0 Å². The lowest BCUT2D eigenvalue weighted by Gasteiger charge is -2.23. The van der Waals surface area contributed by atoms with Gasteiger partial charge >= 0.3 is 6.18 Å². The summed E-state index contributed by atoms with van der Waals surface area (Å²) < 4.78 is 37.5. The van der Waals surface area contributed by atoms with Crippen molar-refractivity contribution in [2.24, 2.45) is 0 Å². The van der Waals surface area contributed by atoms with Crippen molar-refractivity contribution >= 4 is 11.6 Å². The number of alkyl halides is 3. The van der Waals surface area contributed by atoms with Crippen molar-refractivity contribution in [3.8, 4) is 0 Å². The first-order chi connectivity index (χ1) is 11.9. The molecular weight excluding hydrogens is 331 g/mol. The fraction of sp³-hybridized carbons (Fsp3) is 0.333. The number of carbonyl (C=O) groups is 1. The molecule has 0 radical (unpaired) electrons. The van der Waals surface area contributed by atoms with Crippen LogP contribution in [0.1, 0.15) is 40.4 Å². The van der Waals surface area contributed by atoms with Gasteiger partial charge in [0, 0.05) is 18.4 Å². The van der Waals surface area contributed by atoms with Crippen molar-refractivity contribution in [2.45, 2.75) is 24.9 Å². The van der Waals surface area contributed by atoms with Crippen LogP contribution in [0.5, 0.6) is 0 Å². The van der Waals surface area contributed by atoms with Gasteiger partial charge in [-0.2, -0.15) is 13.2 Å². The first-order valence-corrected chi connectivity index (χ1v) is 8.09. The van der Waals surface area contributed by atoms with Crippen LogP contribution in [0.2, 0.25) is 0 Å². The number of nitrogens with zero attached hydrogens (tertiary/aromatic N) is 1. The molecule has 132 valence electrons. The van der Waals surface area contributed by atoms with Crippen molar-refractivity contribution in [3.63, 3.8) is 0 Å². The molecule has 1 aromatic heterocycles. The van der Waals surface area contributed by atoms with E-state index in [0.29, 0.717) is 17.8 Å². The Morgan fingerprint density at radius 2 is 1.92 bits per heavy atom. The normalized spacial score (nSPS) is 18.0. The minimum atomic E-state index is -4.47. The number of aromatic nitrogens is 1. The highest BCUT2D eigenvalue weighted by Gasteiger charge is 2.30. The van der Waals surface area contributed by atoms with Crippen molar-refractivity contribution in [1.82, 2.24) is 10.3 Å². The van der Waals surface area contributed by atoms with Crippen LogP contribution in [0, 0.1) is 0 Å².